The molecule has 3 N–H and O–H groups in total. The molecule has 2 heterocycles. The number of aliphatic hydroxyl groups excluding tert-OH is 2. The molecular formula is C13H25NO5. The van der Waals surface area contributed by atoms with Gasteiger partial charge in [-0.1, -0.05) is 6.92 Å². The zero-order chi connectivity index (χ0) is 14.0. The minimum absolute atomic E-state index is 0.00374. The number of hydrogen-bond donors (Lipinski definition) is 3. The molecule has 6 nitrogen and oxygen atoms in total. The molecule has 2 saturated heterocycles. The maximum absolute atomic E-state index is 10.2. The highest BCUT2D eigenvalue weighted by molar-refractivity contribution is 4.96. The van der Waals surface area contributed by atoms with Gasteiger partial charge in [-0.05, 0) is 20.3 Å². The van der Waals surface area contributed by atoms with E-state index in [1.807, 2.05) is 20.8 Å². The molecule has 112 valence electrons. The summed E-state index contributed by atoms with van der Waals surface area (Å²) < 4.78 is 17.1. The third-order valence-corrected chi connectivity index (χ3v) is 3.71. The molecule has 2 aliphatic heterocycles. The van der Waals surface area contributed by atoms with Gasteiger partial charge in [0.25, 0.3) is 0 Å². The molecule has 0 aromatic rings. The van der Waals surface area contributed by atoms with Crippen molar-refractivity contribution in [1.29, 1.82) is 0 Å². The zero-order valence-electron chi connectivity index (χ0n) is 11.8. The summed E-state index contributed by atoms with van der Waals surface area (Å²) in [4.78, 5) is 0. The van der Waals surface area contributed by atoms with Crippen molar-refractivity contribution in [2.45, 2.75) is 63.4 Å². The molecule has 0 bridgehead atoms. The van der Waals surface area contributed by atoms with Crippen molar-refractivity contribution in [2.24, 2.45) is 0 Å². The molecule has 6 heteroatoms. The average Bonchev–Trinajstić information content (AvgIpc) is 2.85. The quantitative estimate of drug-likeness (QED) is 0.613. The van der Waals surface area contributed by atoms with Gasteiger partial charge in [0.1, 0.15) is 18.3 Å². The summed E-state index contributed by atoms with van der Waals surface area (Å²) in [6.07, 6.45) is -0.563. The summed E-state index contributed by atoms with van der Waals surface area (Å²) in [6, 6.07) is 0.00374. The highest BCUT2D eigenvalue weighted by Gasteiger charge is 2.52. The Morgan fingerprint density at radius 1 is 1.37 bits per heavy atom. The normalized spacial score (nSPS) is 36.2. The van der Waals surface area contributed by atoms with Crippen LogP contribution in [0.5, 0.6) is 0 Å². The van der Waals surface area contributed by atoms with E-state index in [4.69, 9.17) is 19.3 Å². The monoisotopic (exact) mass is 275 g/mol. The smallest absolute Gasteiger partial charge is 0.164 e. The second-order valence-corrected chi connectivity index (χ2v) is 5.70. The molecule has 2 fully saturated rings. The van der Waals surface area contributed by atoms with Crippen LogP contribution in [0.4, 0.5) is 0 Å². The fourth-order valence-electron chi connectivity index (χ4n) is 2.64. The van der Waals surface area contributed by atoms with Crippen molar-refractivity contribution in [1.82, 2.24) is 5.32 Å². The van der Waals surface area contributed by atoms with Crippen molar-refractivity contribution >= 4 is 0 Å². The third kappa shape index (κ3) is 3.45. The number of rotatable bonds is 6. The Morgan fingerprint density at radius 3 is 2.74 bits per heavy atom. The number of ether oxygens (including phenoxy) is 3. The van der Waals surface area contributed by atoms with Gasteiger partial charge in [-0.15, -0.1) is 0 Å². The lowest BCUT2D eigenvalue weighted by atomic mass is 10.1. The van der Waals surface area contributed by atoms with E-state index in [0.29, 0.717) is 13.2 Å². The zero-order valence-corrected chi connectivity index (χ0v) is 11.8. The topological polar surface area (TPSA) is 80.2 Å². The van der Waals surface area contributed by atoms with Crippen LogP contribution in [0, 0.1) is 0 Å². The molecule has 0 radical (unpaired) electrons. The molecule has 19 heavy (non-hydrogen) atoms. The Kier molecular flexibility index (Phi) is 4.81. The Bertz CT molecular complexity index is 295. The first-order valence-electron chi connectivity index (χ1n) is 6.96. The first-order chi connectivity index (χ1) is 8.96. The molecule has 0 aromatic carbocycles. The van der Waals surface area contributed by atoms with Crippen molar-refractivity contribution < 1.29 is 24.4 Å². The summed E-state index contributed by atoms with van der Waals surface area (Å²) >= 11 is 0. The molecule has 0 unspecified atom stereocenters. The van der Waals surface area contributed by atoms with E-state index in [0.717, 1.165) is 6.42 Å². The van der Waals surface area contributed by atoms with Gasteiger partial charge in [0, 0.05) is 12.6 Å². The largest absolute Gasteiger partial charge is 0.395 e. The molecule has 0 aliphatic carbocycles. The van der Waals surface area contributed by atoms with Crippen molar-refractivity contribution in [3.63, 3.8) is 0 Å². The molecule has 0 spiro atoms. The second kappa shape index (κ2) is 6.03. The first kappa shape index (κ1) is 15.2. The first-order valence-corrected chi connectivity index (χ1v) is 6.96. The van der Waals surface area contributed by atoms with Crippen LogP contribution in [0.2, 0.25) is 0 Å². The number of nitrogens with one attached hydrogen (secondary N) is 1. The minimum atomic E-state index is -0.673. The van der Waals surface area contributed by atoms with Gasteiger partial charge in [0.2, 0.25) is 0 Å². The highest BCUT2D eigenvalue weighted by Crippen LogP contribution is 2.36. The van der Waals surface area contributed by atoms with Crippen LogP contribution in [0.15, 0.2) is 0 Å². The molecule has 0 saturated carbocycles. The molecule has 2 aliphatic rings. The van der Waals surface area contributed by atoms with Crippen LogP contribution in [-0.2, 0) is 14.2 Å². The van der Waals surface area contributed by atoms with Crippen molar-refractivity contribution in [2.75, 3.05) is 19.8 Å². The van der Waals surface area contributed by atoms with Crippen LogP contribution in [0.3, 0.4) is 0 Å². The third-order valence-electron chi connectivity index (χ3n) is 3.71. The fourth-order valence-corrected chi connectivity index (χ4v) is 2.64. The van der Waals surface area contributed by atoms with Crippen molar-refractivity contribution in [3.8, 4) is 0 Å². The highest BCUT2D eigenvalue weighted by atomic mass is 16.8. The predicted molar refractivity (Wildman–Crippen MR) is 68.7 cm³/mol. The summed E-state index contributed by atoms with van der Waals surface area (Å²) in [7, 11) is 0. The van der Waals surface area contributed by atoms with Gasteiger partial charge in [-0.3, -0.25) is 0 Å². The van der Waals surface area contributed by atoms with Crippen molar-refractivity contribution in [3.05, 3.63) is 0 Å². The van der Waals surface area contributed by atoms with Crippen LogP contribution in [-0.4, -0.2) is 66.2 Å². The van der Waals surface area contributed by atoms with E-state index in [-0.39, 0.29) is 31.0 Å². The standard InChI is InChI=1S/C13H25NO5/c1-4-8(6-15)14-5-9(16)11-12-10(7-17-11)18-13(2,3)19-12/h8-12,14-16H,4-7H2,1-3H3/t8-,9+,10-,11-,12-/m1/s1. The van der Waals surface area contributed by atoms with Crippen LogP contribution in [0.1, 0.15) is 27.2 Å². The Labute approximate surface area is 114 Å². The maximum Gasteiger partial charge on any atom is 0.164 e. The SMILES string of the molecule is CC[C@H](CO)NC[C@H](O)[C@H]1OC[C@H]2OC(C)(C)O[C@@H]12. The molecule has 0 aromatic heterocycles. The summed E-state index contributed by atoms with van der Waals surface area (Å²) in [5, 5.41) is 22.4. The van der Waals surface area contributed by atoms with E-state index < -0.39 is 11.9 Å². The van der Waals surface area contributed by atoms with E-state index in [1.165, 1.54) is 0 Å². The second-order valence-electron chi connectivity index (χ2n) is 5.70. The predicted octanol–water partition coefficient (Wildman–Crippen LogP) is -0.373. The van der Waals surface area contributed by atoms with Gasteiger partial charge in [-0.2, -0.15) is 0 Å². The summed E-state index contributed by atoms with van der Waals surface area (Å²) in [6.45, 7) is 6.60. The van der Waals surface area contributed by atoms with Gasteiger partial charge in [0.15, 0.2) is 5.79 Å². The van der Waals surface area contributed by atoms with Crippen LogP contribution in [0.25, 0.3) is 0 Å². The molecule has 5 atom stereocenters. The Morgan fingerprint density at radius 2 is 2.11 bits per heavy atom. The Hall–Kier alpha value is -0.240. The summed E-state index contributed by atoms with van der Waals surface area (Å²) in [5.74, 6) is -0.610. The number of aliphatic hydroxyl groups is 2. The summed E-state index contributed by atoms with van der Waals surface area (Å²) in [5.41, 5.74) is 0. The lowest BCUT2D eigenvalue weighted by Crippen LogP contribution is -2.46. The maximum atomic E-state index is 10.2. The van der Waals surface area contributed by atoms with E-state index >= 15 is 0 Å². The molecule has 2 rings (SSSR count). The van der Waals surface area contributed by atoms with E-state index in [2.05, 4.69) is 5.32 Å². The van der Waals surface area contributed by atoms with E-state index in [9.17, 15) is 5.11 Å². The van der Waals surface area contributed by atoms with Crippen LogP contribution < -0.4 is 5.32 Å². The lowest BCUT2D eigenvalue weighted by Gasteiger charge is -2.26. The average molecular weight is 275 g/mol. The van der Waals surface area contributed by atoms with Gasteiger partial charge >= 0.3 is 0 Å². The van der Waals surface area contributed by atoms with E-state index in [1.54, 1.807) is 0 Å². The Balaban J connectivity index is 1.85. The fraction of sp³-hybridized carbons (Fsp3) is 1.00. The molecule has 0 amide bonds. The number of fused-ring (bicyclic) bond motifs is 1. The molecular weight excluding hydrogens is 250 g/mol. The van der Waals surface area contributed by atoms with Gasteiger partial charge in [0.05, 0.1) is 19.3 Å². The van der Waals surface area contributed by atoms with Gasteiger partial charge < -0.3 is 29.7 Å². The lowest BCUT2D eigenvalue weighted by molar-refractivity contribution is -0.184. The van der Waals surface area contributed by atoms with Crippen LogP contribution >= 0.6 is 0 Å². The van der Waals surface area contributed by atoms with Gasteiger partial charge in [-0.25, -0.2) is 0 Å². The minimum Gasteiger partial charge on any atom is -0.395 e. The number of hydrogen-bond acceptors (Lipinski definition) is 6.